The van der Waals surface area contributed by atoms with Gasteiger partial charge in [-0.05, 0) is 18.6 Å². The summed E-state index contributed by atoms with van der Waals surface area (Å²) < 4.78 is 4.80. The number of aromatic hydroxyl groups is 1. The third-order valence-electron chi connectivity index (χ3n) is 5.31. The van der Waals surface area contributed by atoms with Crippen molar-refractivity contribution in [1.29, 1.82) is 0 Å². The first kappa shape index (κ1) is 29.8. The van der Waals surface area contributed by atoms with Crippen molar-refractivity contribution in [3.05, 3.63) is 29.8 Å². The summed E-state index contributed by atoms with van der Waals surface area (Å²) in [5, 5.41) is 9.60. The molecule has 0 saturated heterocycles. The molecule has 0 saturated carbocycles. The van der Waals surface area contributed by atoms with Crippen molar-refractivity contribution < 1.29 is 19.4 Å². The molecule has 0 amide bonds. The third kappa shape index (κ3) is 15.6. The molecule has 1 aromatic carbocycles. The van der Waals surface area contributed by atoms with E-state index in [1.54, 1.807) is 12.1 Å². The second kappa shape index (κ2) is 20.7. The number of ether oxygens (including phenoxy) is 1. The minimum atomic E-state index is -0.783. The van der Waals surface area contributed by atoms with Gasteiger partial charge < -0.3 is 9.84 Å². The van der Waals surface area contributed by atoms with E-state index in [4.69, 9.17) is 4.74 Å². The molecule has 0 aliphatic carbocycles. The predicted octanol–water partition coefficient (Wildman–Crippen LogP) is 6.69. The summed E-state index contributed by atoms with van der Waals surface area (Å²) in [4.78, 5) is 23.6. The van der Waals surface area contributed by atoms with Crippen LogP contribution in [0.4, 0.5) is 0 Å². The molecule has 5 heteroatoms. The van der Waals surface area contributed by atoms with Crippen LogP contribution in [0.15, 0.2) is 24.3 Å². The third-order valence-corrected chi connectivity index (χ3v) is 5.31. The van der Waals surface area contributed by atoms with E-state index in [1.807, 2.05) is 0 Å². The number of para-hydroxylation sites is 1. The summed E-state index contributed by atoms with van der Waals surface area (Å²) in [6.45, 7) is 2.26. The van der Waals surface area contributed by atoms with E-state index in [-0.39, 0.29) is 69.1 Å². The quantitative estimate of drug-likeness (QED) is 0.126. The van der Waals surface area contributed by atoms with Gasteiger partial charge in [-0.15, -0.1) is 0 Å². The topological polar surface area (TPSA) is 63.6 Å². The van der Waals surface area contributed by atoms with Gasteiger partial charge in [-0.3, -0.25) is 4.79 Å². The molecule has 166 valence electrons. The van der Waals surface area contributed by atoms with Crippen LogP contribution in [0, 0.1) is 0 Å². The van der Waals surface area contributed by atoms with Crippen molar-refractivity contribution in [3.8, 4) is 5.75 Å². The summed E-state index contributed by atoms with van der Waals surface area (Å²) in [5.74, 6) is -1.47. The molecule has 0 aliphatic heterocycles. The van der Waals surface area contributed by atoms with E-state index >= 15 is 0 Å². The molecule has 0 aromatic heterocycles. The summed E-state index contributed by atoms with van der Waals surface area (Å²) in [7, 11) is 0. The van der Waals surface area contributed by atoms with Gasteiger partial charge in [0.15, 0.2) is 0 Å². The Kier molecular flexibility index (Phi) is 20.5. The second-order valence-corrected chi connectivity index (χ2v) is 7.98. The van der Waals surface area contributed by atoms with Gasteiger partial charge in [-0.2, -0.15) is 0 Å². The van der Waals surface area contributed by atoms with Gasteiger partial charge in [0.1, 0.15) is 11.3 Å². The van der Waals surface area contributed by atoms with E-state index in [2.05, 4.69) is 6.92 Å². The molecule has 4 nitrogen and oxygen atoms in total. The summed E-state index contributed by atoms with van der Waals surface area (Å²) >= 11 is 0. The van der Waals surface area contributed by atoms with Crippen LogP contribution in [0.3, 0.4) is 0 Å². The van der Waals surface area contributed by atoms with Crippen LogP contribution < -0.4 is 0 Å². The number of carbonyl (C=O) groups is 2. The van der Waals surface area contributed by atoms with Gasteiger partial charge >= 0.3 is 63.3 Å². The number of unbranched alkanes of at least 4 members (excludes halogenated alkanes) is 14. The first-order valence-electron chi connectivity index (χ1n) is 11.7. The van der Waals surface area contributed by atoms with E-state index in [1.165, 1.54) is 89.2 Å². The minimum absolute atomic E-state index is 0. The molecular formula is C25H41KO4. The molecular weight excluding hydrogens is 403 g/mol. The molecule has 0 aliphatic rings. The maximum absolute atomic E-state index is 11.8. The Balaban J connectivity index is 0.00000841. The van der Waals surface area contributed by atoms with Crippen LogP contribution >= 0.6 is 0 Å². The van der Waals surface area contributed by atoms with Crippen molar-refractivity contribution in [2.24, 2.45) is 0 Å². The molecule has 1 N–H and O–H groups in total. The Morgan fingerprint density at radius 2 is 1.17 bits per heavy atom. The zero-order chi connectivity index (χ0) is 21.2. The van der Waals surface area contributed by atoms with Gasteiger partial charge in [0, 0.05) is 6.42 Å². The number of phenols is 1. The number of hydrogen-bond donors (Lipinski definition) is 1. The number of benzene rings is 1. The monoisotopic (exact) mass is 444 g/mol. The second-order valence-electron chi connectivity index (χ2n) is 7.98. The molecule has 0 atom stereocenters. The van der Waals surface area contributed by atoms with E-state index in [9.17, 15) is 14.7 Å². The number of esters is 2. The molecule has 0 spiro atoms. The van der Waals surface area contributed by atoms with Gasteiger partial charge in [0.05, 0.1) is 0 Å². The maximum atomic E-state index is 11.8. The van der Waals surface area contributed by atoms with E-state index < -0.39 is 11.9 Å². The molecule has 0 fully saturated rings. The van der Waals surface area contributed by atoms with Gasteiger partial charge in [-0.1, -0.05) is 109 Å². The van der Waals surface area contributed by atoms with Gasteiger partial charge in [-0.25, -0.2) is 4.79 Å². The van der Waals surface area contributed by atoms with Gasteiger partial charge in [0.2, 0.25) is 0 Å². The molecule has 1 aromatic rings. The van der Waals surface area contributed by atoms with Gasteiger partial charge in [0.25, 0.3) is 0 Å². The first-order chi connectivity index (χ1) is 14.1. The fourth-order valence-electron chi connectivity index (χ4n) is 3.50. The Morgan fingerprint density at radius 1 is 0.733 bits per heavy atom. The fourth-order valence-corrected chi connectivity index (χ4v) is 3.50. The normalized spacial score (nSPS) is 10.4. The molecule has 0 radical (unpaired) electrons. The average molecular weight is 445 g/mol. The standard InChI is InChI=1S/C25H40O4.K.H/c1-2-3-4-5-6-7-8-9-10-11-12-13-14-15-16-21-24(27)29-25(28)22-19-17-18-20-23(22)26;;/h17-20,26H,2-16,21H2,1H3;;. The summed E-state index contributed by atoms with van der Waals surface area (Å²) in [6.07, 6.45) is 19.3. The molecule has 30 heavy (non-hydrogen) atoms. The molecule has 1 rings (SSSR count). The van der Waals surface area contributed by atoms with Crippen molar-refractivity contribution in [2.45, 2.75) is 110 Å². The molecule has 0 heterocycles. The van der Waals surface area contributed by atoms with E-state index in [0.717, 1.165) is 19.3 Å². The van der Waals surface area contributed by atoms with Crippen LogP contribution in [-0.2, 0) is 9.53 Å². The van der Waals surface area contributed by atoms with Crippen LogP contribution in [0.5, 0.6) is 5.75 Å². The Bertz CT molecular complexity index is 574. The number of rotatable bonds is 17. The number of phenolic OH excluding ortho intramolecular Hbond substituents is 1. The number of hydrogen-bond acceptors (Lipinski definition) is 4. The van der Waals surface area contributed by atoms with Crippen molar-refractivity contribution >= 4 is 63.3 Å². The zero-order valence-electron chi connectivity index (χ0n) is 18.3. The SMILES string of the molecule is CCCCCCCCCCCCCCCCCC(=O)OC(=O)c1ccccc1O.[KH]. The van der Waals surface area contributed by atoms with Crippen LogP contribution in [0.1, 0.15) is 120 Å². The molecule has 0 bridgehead atoms. The van der Waals surface area contributed by atoms with E-state index in [0.29, 0.717) is 0 Å². The summed E-state index contributed by atoms with van der Waals surface area (Å²) in [6, 6.07) is 6.08. The van der Waals surface area contributed by atoms with Crippen molar-refractivity contribution in [1.82, 2.24) is 0 Å². The predicted molar refractivity (Wildman–Crippen MR) is 125 cm³/mol. The fraction of sp³-hybridized carbons (Fsp3) is 0.680. The van der Waals surface area contributed by atoms with Crippen LogP contribution in [-0.4, -0.2) is 68.4 Å². The van der Waals surface area contributed by atoms with Crippen LogP contribution in [0.2, 0.25) is 0 Å². The summed E-state index contributed by atoms with van der Waals surface area (Å²) in [5.41, 5.74) is 0.0253. The molecule has 0 unspecified atom stereocenters. The van der Waals surface area contributed by atoms with Crippen LogP contribution in [0.25, 0.3) is 0 Å². The van der Waals surface area contributed by atoms with Crippen molar-refractivity contribution in [2.75, 3.05) is 0 Å². The first-order valence-corrected chi connectivity index (χ1v) is 11.7. The Hall–Kier alpha value is -0.204. The number of carbonyl (C=O) groups excluding carboxylic acids is 2. The Morgan fingerprint density at radius 3 is 1.63 bits per heavy atom. The average Bonchev–Trinajstić information content (AvgIpc) is 2.71. The Labute approximate surface area is 226 Å². The zero-order valence-corrected chi connectivity index (χ0v) is 18.3. The van der Waals surface area contributed by atoms with Crippen molar-refractivity contribution in [3.63, 3.8) is 0 Å².